The van der Waals surface area contributed by atoms with Crippen molar-refractivity contribution in [1.29, 1.82) is 0 Å². The maximum atomic E-state index is 13.3. The maximum absolute atomic E-state index is 13.3. The highest BCUT2D eigenvalue weighted by Gasteiger charge is 2.36. The largest absolute Gasteiger partial charge is 0.336 e. The Hall–Kier alpha value is -3.07. The van der Waals surface area contributed by atoms with Crippen LogP contribution < -0.4 is 5.32 Å². The van der Waals surface area contributed by atoms with Gasteiger partial charge in [-0.2, -0.15) is 0 Å². The van der Waals surface area contributed by atoms with Gasteiger partial charge >= 0.3 is 0 Å². The number of benzene rings is 2. The Labute approximate surface area is 212 Å². The van der Waals surface area contributed by atoms with Crippen LogP contribution in [0.4, 0.5) is 0 Å². The second-order valence-corrected chi connectivity index (χ2v) is 11.1. The van der Waals surface area contributed by atoms with Crippen LogP contribution in [0.1, 0.15) is 32.1 Å². The molecule has 2 aliphatic rings. The SMILES string of the molecule is Cc1c(C(=O)N2CC(N[C@H]3CCN(C(=O)c4cscn4)C3)C2)sc2ccc(-c3ccccc3)cc12. The molecule has 1 N–H and O–H groups in total. The fraction of sp³-hybridized carbons (Fsp3) is 0.296. The van der Waals surface area contributed by atoms with Crippen molar-refractivity contribution in [3.8, 4) is 11.1 Å². The molecular weight excluding hydrogens is 476 g/mol. The number of nitrogens with zero attached hydrogens (tertiary/aromatic N) is 3. The number of aromatic nitrogens is 1. The zero-order valence-corrected chi connectivity index (χ0v) is 21.1. The van der Waals surface area contributed by atoms with Crippen LogP contribution in [0.15, 0.2) is 59.4 Å². The van der Waals surface area contributed by atoms with Crippen LogP contribution in [0.3, 0.4) is 0 Å². The third-order valence-electron chi connectivity index (χ3n) is 7.00. The van der Waals surface area contributed by atoms with Gasteiger partial charge in [-0.15, -0.1) is 22.7 Å². The van der Waals surface area contributed by atoms with E-state index in [1.54, 1.807) is 22.2 Å². The Morgan fingerprint density at radius 3 is 2.54 bits per heavy atom. The number of amides is 2. The summed E-state index contributed by atoms with van der Waals surface area (Å²) >= 11 is 3.03. The zero-order valence-electron chi connectivity index (χ0n) is 19.4. The quantitative estimate of drug-likeness (QED) is 0.431. The lowest BCUT2D eigenvalue weighted by molar-refractivity contribution is 0.0557. The summed E-state index contributed by atoms with van der Waals surface area (Å²) < 4.78 is 1.15. The standard InChI is InChI=1S/C27H26N4O2S2/c1-17-22-11-19(18-5-3-2-4-6-18)7-8-24(22)35-25(17)27(33)31-13-21(14-31)29-20-9-10-30(12-20)26(32)23-15-34-16-28-23/h2-8,11,15-16,20-21,29H,9-10,12-14H2,1H3/t20-/m0/s1. The van der Waals surface area contributed by atoms with E-state index in [2.05, 4.69) is 47.6 Å². The van der Waals surface area contributed by atoms with Crippen LogP contribution in [0.5, 0.6) is 0 Å². The van der Waals surface area contributed by atoms with Crippen molar-refractivity contribution in [2.45, 2.75) is 25.4 Å². The number of thiazole rings is 1. The van der Waals surface area contributed by atoms with E-state index in [1.165, 1.54) is 22.5 Å². The molecule has 6 rings (SSSR count). The molecule has 0 saturated carbocycles. The lowest BCUT2D eigenvalue weighted by Gasteiger charge is -2.41. The van der Waals surface area contributed by atoms with Gasteiger partial charge < -0.3 is 15.1 Å². The minimum absolute atomic E-state index is 0.0108. The molecule has 178 valence electrons. The number of carbonyl (C=O) groups excluding carboxylic acids is 2. The summed E-state index contributed by atoms with van der Waals surface area (Å²) in [5.74, 6) is 0.131. The first-order chi connectivity index (χ1) is 17.1. The average molecular weight is 503 g/mol. The van der Waals surface area contributed by atoms with E-state index in [1.807, 2.05) is 28.0 Å². The second kappa shape index (κ2) is 9.18. The monoisotopic (exact) mass is 502 g/mol. The normalized spacial score (nSPS) is 18.3. The second-order valence-electron chi connectivity index (χ2n) is 9.32. The molecule has 2 aromatic heterocycles. The van der Waals surface area contributed by atoms with Gasteiger partial charge in [0.25, 0.3) is 11.8 Å². The molecule has 0 aliphatic carbocycles. The first-order valence-corrected chi connectivity index (χ1v) is 13.6. The van der Waals surface area contributed by atoms with E-state index < -0.39 is 0 Å². The molecule has 6 nitrogen and oxygen atoms in total. The molecule has 4 heterocycles. The van der Waals surface area contributed by atoms with Crippen LogP contribution in [0.2, 0.25) is 0 Å². The molecule has 0 radical (unpaired) electrons. The summed E-state index contributed by atoms with van der Waals surface area (Å²) in [7, 11) is 0. The first kappa shape index (κ1) is 22.4. The highest BCUT2D eigenvalue weighted by Crippen LogP contribution is 2.35. The lowest BCUT2D eigenvalue weighted by atomic mass is 10.0. The molecule has 8 heteroatoms. The molecule has 0 spiro atoms. The summed E-state index contributed by atoms with van der Waals surface area (Å²) in [5, 5.41) is 6.61. The van der Waals surface area contributed by atoms with E-state index in [4.69, 9.17) is 0 Å². The molecule has 1 atom stereocenters. The molecular formula is C27H26N4O2S2. The Kier molecular flexibility index (Phi) is 5.88. The molecule has 2 saturated heterocycles. The summed E-state index contributed by atoms with van der Waals surface area (Å²) in [6.07, 6.45) is 0.930. The predicted molar refractivity (Wildman–Crippen MR) is 141 cm³/mol. The van der Waals surface area contributed by atoms with Gasteiger partial charge in [-0.1, -0.05) is 36.4 Å². The maximum Gasteiger partial charge on any atom is 0.273 e. The van der Waals surface area contributed by atoms with Gasteiger partial charge in [-0.25, -0.2) is 4.98 Å². The van der Waals surface area contributed by atoms with Gasteiger partial charge in [0.1, 0.15) is 5.69 Å². The van der Waals surface area contributed by atoms with Gasteiger partial charge in [0.15, 0.2) is 0 Å². The predicted octanol–water partition coefficient (Wildman–Crippen LogP) is 4.66. The van der Waals surface area contributed by atoms with E-state index >= 15 is 0 Å². The number of likely N-dealkylation sites (tertiary alicyclic amines) is 2. The third-order valence-corrected chi connectivity index (χ3v) is 8.85. The summed E-state index contributed by atoms with van der Waals surface area (Å²) in [5.41, 5.74) is 5.65. The molecule has 2 fully saturated rings. The van der Waals surface area contributed by atoms with Crippen molar-refractivity contribution in [2.75, 3.05) is 26.2 Å². The summed E-state index contributed by atoms with van der Waals surface area (Å²) in [6.45, 7) is 4.91. The van der Waals surface area contributed by atoms with Crippen molar-refractivity contribution in [3.05, 3.63) is 75.6 Å². The average Bonchev–Trinajstić information content (AvgIpc) is 3.62. The smallest absolute Gasteiger partial charge is 0.273 e. The molecule has 2 aromatic carbocycles. The summed E-state index contributed by atoms with van der Waals surface area (Å²) in [6, 6.07) is 17.3. The number of hydrogen-bond acceptors (Lipinski definition) is 6. The Bertz CT molecular complexity index is 1380. The molecule has 2 aliphatic heterocycles. The highest BCUT2D eigenvalue weighted by molar-refractivity contribution is 7.21. The topological polar surface area (TPSA) is 65.5 Å². The van der Waals surface area contributed by atoms with Crippen molar-refractivity contribution in [1.82, 2.24) is 20.1 Å². The molecule has 35 heavy (non-hydrogen) atoms. The fourth-order valence-corrected chi connectivity index (χ4v) is 6.71. The van der Waals surface area contributed by atoms with Crippen LogP contribution >= 0.6 is 22.7 Å². The lowest BCUT2D eigenvalue weighted by Crippen LogP contribution is -2.62. The van der Waals surface area contributed by atoms with E-state index in [-0.39, 0.29) is 23.9 Å². The van der Waals surface area contributed by atoms with Crippen LogP contribution in [0.25, 0.3) is 21.2 Å². The number of fused-ring (bicyclic) bond motifs is 1. The van der Waals surface area contributed by atoms with E-state index in [0.29, 0.717) is 25.3 Å². The van der Waals surface area contributed by atoms with E-state index in [0.717, 1.165) is 33.5 Å². The number of nitrogens with one attached hydrogen (secondary N) is 1. The molecule has 4 aromatic rings. The van der Waals surface area contributed by atoms with Crippen molar-refractivity contribution >= 4 is 44.6 Å². The van der Waals surface area contributed by atoms with Gasteiger partial charge in [0.05, 0.1) is 10.4 Å². The van der Waals surface area contributed by atoms with Crippen LogP contribution in [-0.2, 0) is 0 Å². The zero-order chi connectivity index (χ0) is 23.9. The van der Waals surface area contributed by atoms with Crippen LogP contribution in [-0.4, -0.2) is 64.9 Å². The summed E-state index contributed by atoms with van der Waals surface area (Å²) in [4.78, 5) is 34.6. The number of thiophene rings is 1. The molecule has 2 amide bonds. The van der Waals surface area contributed by atoms with E-state index in [9.17, 15) is 9.59 Å². The Morgan fingerprint density at radius 1 is 0.971 bits per heavy atom. The first-order valence-electron chi connectivity index (χ1n) is 11.9. The van der Waals surface area contributed by atoms with Gasteiger partial charge in [-0.3, -0.25) is 9.59 Å². The minimum Gasteiger partial charge on any atom is -0.336 e. The number of hydrogen-bond donors (Lipinski definition) is 1. The van der Waals surface area contributed by atoms with Gasteiger partial charge in [0, 0.05) is 48.3 Å². The Morgan fingerprint density at radius 2 is 1.77 bits per heavy atom. The minimum atomic E-state index is 0.0108. The van der Waals surface area contributed by atoms with Gasteiger partial charge in [0.2, 0.25) is 0 Å². The molecule has 0 bridgehead atoms. The third kappa shape index (κ3) is 4.26. The van der Waals surface area contributed by atoms with Crippen LogP contribution in [0, 0.1) is 6.92 Å². The van der Waals surface area contributed by atoms with Gasteiger partial charge in [-0.05, 0) is 47.6 Å². The van der Waals surface area contributed by atoms with Crippen molar-refractivity contribution in [2.24, 2.45) is 0 Å². The number of aryl methyl sites for hydroxylation is 1. The number of carbonyl (C=O) groups is 2. The van der Waals surface area contributed by atoms with Crippen molar-refractivity contribution in [3.63, 3.8) is 0 Å². The Balaban J connectivity index is 1.07. The highest BCUT2D eigenvalue weighted by atomic mass is 32.1. The number of rotatable bonds is 5. The molecule has 0 unspecified atom stereocenters. The van der Waals surface area contributed by atoms with Crippen molar-refractivity contribution < 1.29 is 9.59 Å². The fourth-order valence-electron chi connectivity index (χ4n) is 5.02.